The van der Waals surface area contributed by atoms with E-state index in [0.717, 1.165) is 23.2 Å². The molecule has 0 saturated heterocycles. The molecule has 0 radical (unpaired) electrons. The van der Waals surface area contributed by atoms with Gasteiger partial charge in [-0.15, -0.1) is 0 Å². The highest BCUT2D eigenvalue weighted by Crippen LogP contribution is 2.23. The molecule has 1 aromatic carbocycles. The van der Waals surface area contributed by atoms with Crippen LogP contribution in [0.5, 0.6) is 0 Å². The molecule has 0 N–H and O–H groups in total. The van der Waals surface area contributed by atoms with E-state index in [4.69, 9.17) is 0 Å². The molecular weight excluding hydrogens is 322 g/mol. The molecule has 0 saturated carbocycles. The summed E-state index contributed by atoms with van der Waals surface area (Å²) >= 11 is 0. The van der Waals surface area contributed by atoms with Gasteiger partial charge < -0.3 is 0 Å². The van der Waals surface area contributed by atoms with E-state index in [0.29, 0.717) is 18.9 Å². The van der Waals surface area contributed by atoms with Gasteiger partial charge in [0.05, 0.1) is 5.69 Å². The van der Waals surface area contributed by atoms with Gasteiger partial charge in [-0.3, -0.25) is 9.88 Å². The molecule has 126 valence electrons. The largest absolute Gasteiger partial charge is 0.294 e. The second-order valence-electron chi connectivity index (χ2n) is 6.07. The van der Waals surface area contributed by atoms with E-state index >= 15 is 0 Å². The van der Waals surface area contributed by atoms with Crippen LogP contribution in [0.25, 0.3) is 11.4 Å². The zero-order valence-electron chi connectivity index (χ0n) is 13.5. The molecule has 0 fully saturated rings. The number of rotatable bonds is 3. The van der Waals surface area contributed by atoms with Crippen molar-refractivity contribution in [1.82, 2.24) is 19.9 Å². The van der Waals surface area contributed by atoms with Gasteiger partial charge in [-0.1, -0.05) is 6.07 Å². The Kier molecular flexibility index (Phi) is 4.19. The molecule has 6 heteroatoms. The fourth-order valence-corrected chi connectivity index (χ4v) is 3.05. The number of benzene rings is 1. The predicted molar refractivity (Wildman–Crippen MR) is 89.4 cm³/mol. The van der Waals surface area contributed by atoms with Gasteiger partial charge in [0.1, 0.15) is 11.6 Å². The predicted octanol–water partition coefficient (Wildman–Crippen LogP) is 3.38. The summed E-state index contributed by atoms with van der Waals surface area (Å²) in [5.41, 5.74) is 2.97. The Bertz CT molecular complexity index is 879. The summed E-state index contributed by atoms with van der Waals surface area (Å²) in [6.07, 6.45) is 5.97. The Morgan fingerprint density at radius 1 is 1.04 bits per heavy atom. The summed E-state index contributed by atoms with van der Waals surface area (Å²) in [5.74, 6) is -0.358. The topological polar surface area (TPSA) is 41.9 Å². The van der Waals surface area contributed by atoms with Gasteiger partial charge in [-0.05, 0) is 24.3 Å². The fraction of sp³-hybridized carbons (Fsp3) is 0.211. The first-order chi connectivity index (χ1) is 12.2. The first kappa shape index (κ1) is 15.8. The summed E-state index contributed by atoms with van der Waals surface area (Å²) < 4.78 is 27.7. The number of hydrogen-bond acceptors (Lipinski definition) is 4. The monoisotopic (exact) mass is 338 g/mol. The molecule has 25 heavy (non-hydrogen) atoms. The third-order valence-electron chi connectivity index (χ3n) is 4.38. The Balaban J connectivity index is 1.54. The minimum Gasteiger partial charge on any atom is -0.294 e. The van der Waals surface area contributed by atoms with E-state index in [9.17, 15) is 8.78 Å². The minimum atomic E-state index is -0.506. The first-order valence-corrected chi connectivity index (χ1v) is 8.11. The van der Waals surface area contributed by atoms with Crippen LogP contribution in [-0.4, -0.2) is 26.4 Å². The molecule has 0 amide bonds. The fourth-order valence-electron chi connectivity index (χ4n) is 3.05. The normalized spacial score (nSPS) is 14.3. The van der Waals surface area contributed by atoms with Crippen molar-refractivity contribution in [1.29, 1.82) is 0 Å². The van der Waals surface area contributed by atoms with Gasteiger partial charge in [-0.25, -0.2) is 18.7 Å². The van der Waals surface area contributed by atoms with Gasteiger partial charge in [-0.2, -0.15) is 0 Å². The van der Waals surface area contributed by atoms with Crippen molar-refractivity contribution >= 4 is 0 Å². The second kappa shape index (κ2) is 6.64. The number of pyridine rings is 1. The molecular formula is C19H16F2N4. The van der Waals surface area contributed by atoms with Gasteiger partial charge in [0.25, 0.3) is 0 Å². The van der Waals surface area contributed by atoms with Crippen LogP contribution in [0.3, 0.4) is 0 Å². The summed E-state index contributed by atoms with van der Waals surface area (Å²) in [6, 6.07) is 7.74. The lowest BCUT2D eigenvalue weighted by atomic mass is 10.1. The third-order valence-corrected chi connectivity index (χ3v) is 4.38. The van der Waals surface area contributed by atoms with E-state index in [2.05, 4.69) is 15.0 Å². The Labute approximate surface area is 144 Å². The van der Waals surface area contributed by atoms with Gasteiger partial charge in [0, 0.05) is 61.3 Å². The number of hydrogen-bond donors (Lipinski definition) is 0. The van der Waals surface area contributed by atoms with Crippen LogP contribution in [0.4, 0.5) is 8.78 Å². The average Bonchev–Trinajstić information content (AvgIpc) is 2.65. The lowest BCUT2D eigenvalue weighted by Crippen LogP contribution is -2.31. The van der Waals surface area contributed by atoms with Crippen LogP contribution >= 0.6 is 0 Å². The number of fused-ring (bicyclic) bond motifs is 1. The van der Waals surface area contributed by atoms with Crippen molar-refractivity contribution in [3.05, 3.63) is 77.4 Å². The summed E-state index contributed by atoms with van der Waals surface area (Å²) in [5, 5.41) is 0. The molecule has 4 nitrogen and oxygen atoms in total. The van der Waals surface area contributed by atoms with Crippen molar-refractivity contribution in [3.8, 4) is 11.4 Å². The molecule has 0 atom stereocenters. The zero-order chi connectivity index (χ0) is 17.2. The average molecular weight is 338 g/mol. The SMILES string of the molecule is Fc1cccc(F)c1CN1CCc2nc(-c3cccnc3)ncc2C1. The third kappa shape index (κ3) is 3.25. The molecule has 3 heterocycles. The molecule has 2 aromatic heterocycles. The van der Waals surface area contributed by atoms with E-state index in [1.54, 1.807) is 18.6 Å². The summed E-state index contributed by atoms with van der Waals surface area (Å²) in [6.45, 7) is 1.52. The van der Waals surface area contributed by atoms with E-state index in [1.165, 1.54) is 18.2 Å². The van der Waals surface area contributed by atoms with Crippen molar-refractivity contribution in [2.75, 3.05) is 6.54 Å². The maximum Gasteiger partial charge on any atom is 0.160 e. The molecule has 3 aromatic rings. The van der Waals surface area contributed by atoms with Crippen molar-refractivity contribution in [2.24, 2.45) is 0 Å². The Morgan fingerprint density at radius 3 is 2.64 bits per heavy atom. The van der Waals surface area contributed by atoms with Crippen LogP contribution in [0.15, 0.2) is 48.9 Å². The van der Waals surface area contributed by atoms with Crippen molar-refractivity contribution in [2.45, 2.75) is 19.5 Å². The maximum absolute atomic E-state index is 13.8. The van der Waals surface area contributed by atoms with E-state index < -0.39 is 11.6 Å². The Morgan fingerprint density at radius 2 is 1.88 bits per heavy atom. The highest BCUT2D eigenvalue weighted by molar-refractivity contribution is 5.53. The number of halogens is 2. The quantitative estimate of drug-likeness (QED) is 0.734. The number of nitrogens with zero attached hydrogens (tertiary/aromatic N) is 4. The first-order valence-electron chi connectivity index (χ1n) is 8.11. The molecule has 0 bridgehead atoms. The van der Waals surface area contributed by atoms with Crippen LogP contribution in [0, 0.1) is 11.6 Å². The maximum atomic E-state index is 13.8. The Hall–Kier alpha value is -2.73. The number of aromatic nitrogens is 3. The standard InChI is InChI=1S/C19H16F2N4/c20-16-4-1-5-17(21)15(16)12-25-8-6-18-14(11-25)10-23-19(24-18)13-3-2-7-22-9-13/h1-5,7,9-10H,6,8,11-12H2. The summed E-state index contributed by atoms with van der Waals surface area (Å²) in [4.78, 5) is 15.1. The minimum absolute atomic E-state index is 0.110. The van der Waals surface area contributed by atoms with Gasteiger partial charge in [0.15, 0.2) is 5.82 Å². The smallest absolute Gasteiger partial charge is 0.160 e. The van der Waals surface area contributed by atoms with E-state index in [1.807, 2.05) is 17.0 Å². The second-order valence-corrected chi connectivity index (χ2v) is 6.07. The highest BCUT2D eigenvalue weighted by Gasteiger charge is 2.21. The molecule has 0 unspecified atom stereocenters. The van der Waals surface area contributed by atoms with E-state index in [-0.39, 0.29) is 12.1 Å². The van der Waals surface area contributed by atoms with Crippen molar-refractivity contribution < 1.29 is 8.78 Å². The molecule has 0 aliphatic carbocycles. The molecule has 0 spiro atoms. The zero-order valence-corrected chi connectivity index (χ0v) is 13.5. The van der Waals surface area contributed by atoms with Crippen LogP contribution < -0.4 is 0 Å². The van der Waals surface area contributed by atoms with Crippen LogP contribution in [-0.2, 0) is 19.5 Å². The summed E-state index contributed by atoms with van der Waals surface area (Å²) in [7, 11) is 0. The van der Waals surface area contributed by atoms with Gasteiger partial charge >= 0.3 is 0 Å². The van der Waals surface area contributed by atoms with Gasteiger partial charge in [0.2, 0.25) is 0 Å². The molecule has 4 rings (SSSR count). The van der Waals surface area contributed by atoms with Crippen molar-refractivity contribution in [3.63, 3.8) is 0 Å². The lowest BCUT2D eigenvalue weighted by molar-refractivity contribution is 0.236. The highest BCUT2D eigenvalue weighted by atomic mass is 19.1. The molecule has 1 aliphatic heterocycles. The molecule has 1 aliphatic rings. The van der Waals surface area contributed by atoms with Crippen LogP contribution in [0.1, 0.15) is 16.8 Å². The van der Waals surface area contributed by atoms with Crippen LogP contribution in [0.2, 0.25) is 0 Å². The lowest BCUT2D eigenvalue weighted by Gasteiger charge is -2.28.